The molecule has 0 spiro atoms. The van der Waals surface area contributed by atoms with Gasteiger partial charge in [0.05, 0.1) is 24.6 Å². The highest BCUT2D eigenvalue weighted by molar-refractivity contribution is 7.99. The molecule has 0 aliphatic carbocycles. The third-order valence-corrected chi connectivity index (χ3v) is 3.88. The van der Waals surface area contributed by atoms with Crippen molar-refractivity contribution in [3.63, 3.8) is 0 Å². The highest BCUT2D eigenvalue weighted by atomic mass is 32.2. The Balaban J connectivity index is 1.97. The summed E-state index contributed by atoms with van der Waals surface area (Å²) in [5, 5.41) is 19.9. The fourth-order valence-electron chi connectivity index (χ4n) is 1.63. The van der Waals surface area contributed by atoms with Gasteiger partial charge in [0.2, 0.25) is 0 Å². The van der Waals surface area contributed by atoms with E-state index in [0.717, 1.165) is 16.4 Å². The first-order valence-electron chi connectivity index (χ1n) is 5.69. The number of hydrogen-bond acceptors (Lipinski definition) is 4. The lowest BCUT2D eigenvalue weighted by molar-refractivity contribution is 0.204. The van der Waals surface area contributed by atoms with E-state index in [1.165, 1.54) is 11.8 Å². The summed E-state index contributed by atoms with van der Waals surface area (Å²) in [6.45, 7) is -0.0225. The zero-order chi connectivity index (χ0) is 13.0. The van der Waals surface area contributed by atoms with Crippen molar-refractivity contribution in [3.8, 4) is 0 Å². The van der Waals surface area contributed by atoms with Gasteiger partial charge in [-0.05, 0) is 5.56 Å². The average Bonchev–Trinajstić information content (AvgIpc) is 2.77. The Hall–Kier alpha value is -1.30. The first-order valence-corrected chi connectivity index (χ1v) is 6.68. The predicted octanol–water partition coefficient (Wildman–Crippen LogP) is 1.74. The van der Waals surface area contributed by atoms with Gasteiger partial charge in [0, 0.05) is 12.8 Å². The fourth-order valence-corrected chi connectivity index (χ4v) is 2.57. The van der Waals surface area contributed by atoms with Crippen molar-refractivity contribution in [2.45, 2.75) is 17.9 Å². The van der Waals surface area contributed by atoms with Gasteiger partial charge in [-0.1, -0.05) is 42.1 Å². The Morgan fingerprint density at radius 3 is 2.67 bits per heavy atom. The highest BCUT2D eigenvalue weighted by Crippen LogP contribution is 2.24. The molecular formula is C13H16N2O2S. The van der Waals surface area contributed by atoms with Crippen LogP contribution in [0.15, 0.2) is 41.7 Å². The number of rotatable bonds is 5. The number of thioether (sulfide) groups is 1. The first-order chi connectivity index (χ1) is 8.72. The molecule has 0 saturated carbocycles. The molecule has 0 radical (unpaired) electrons. The van der Waals surface area contributed by atoms with Crippen LogP contribution in [0, 0.1) is 0 Å². The summed E-state index contributed by atoms with van der Waals surface area (Å²) in [7, 11) is 1.86. The number of hydrogen-bond donors (Lipinski definition) is 2. The quantitative estimate of drug-likeness (QED) is 0.808. The third kappa shape index (κ3) is 2.93. The summed E-state index contributed by atoms with van der Waals surface area (Å²) < 4.78 is 1.84. The van der Waals surface area contributed by atoms with Gasteiger partial charge in [0.15, 0.2) is 5.16 Å². The molecule has 1 heterocycles. The number of benzene rings is 1. The summed E-state index contributed by atoms with van der Waals surface area (Å²) in [4.78, 5) is 4.21. The van der Waals surface area contributed by atoms with Gasteiger partial charge >= 0.3 is 0 Å². The van der Waals surface area contributed by atoms with Crippen LogP contribution < -0.4 is 0 Å². The molecular weight excluding hydrogens is 248 g/mol. The second kappa shape index (κ2) is 6.04. The standard InChI is InChI=1S/C13H16N2O2S/c1-15-11(8-16)7-14-13(15)18-9-12(17)10-5-3-2-4-6-10/h2-7,12,16-17H,8-9H2,1H3. The second-order valence-corrected chi connectivity index (χ2v) is 4.97. The van der Waals surface area contributed by atoms with E-state index >= 15 is 0 Å². The highest BCUT2D eigenvalue weighted by Gasteiger charge is 2.11. The van der Waals surface area contributed by atoms with Gasteiger partial charge in [0.25, 0.3) is 0 Å². The van der Waals surface area contributed by atoms with Crippen LogP contribution in [0.3, 0.4) is 0 Å². The van der Waals surface area contributed by atoms with Crippen LogP contribution in [-0.2, 0) is 13.7 Å². The second-order valence-electron chi connectivity index (χ2n) is 3.99. The van der Waals surface area contributed by atoms with E-state index in [9.17, 15) is 5.11 Å². The largest absolute Gasteiger partial charge is 0.390 e. The maximum Gasteiger partial charge on any atom is 0.168 e. The Bertz CT molecular complexity index is 499. The topological polar surface area (TPSA) is 58.3 Å². The molecule has 0 fully saturated rings. The van der Waals surface area contributed by atoms with Crippen LogP contribution in [0.1, 0.15) is 17.4 Å². The van der Waals surface area contributed by atoms with Crippen molar-refractivity contribution in [1.29, 1.82) is 0 Å². The summed E-state index contributed by atoms with van der Waals surface area (Å²) >= 11 is 1.48. The molecule has 1 aromatic heterocycles. The number of nitrogens with zero attached hydrogens (tertiary/aromatic N) is 2. The molecule has 0 amide bonds. The Labute approximate surface area is 110 Å². The van der Waals surface area contributed by atoms with Crippen molar-refractivity contribution in [1.82, 2.24) is 9.55 Å². The lowest BCUT2D eigenvalue weighted by Gasteiger charge is -2.10. The Morgan fingerprint density at radius 2 is 2.06 bits per heavy atom. The number of aromatic nitrogens is 2. The molecule has 0 aliphatic heterocycles. The molecule has 2 rings (SSSR count). The Kier molecular flexibility index (Phi) is 4.41. The van der Waals surface area contributed by atoms with Crippen molar-refractivity contribution in [2.24, 2.45) is 7.05 Å². The number of imidazole rings is 1. The van der Waals surface area contributed by atoms with Gasteiger partial charge in [0.1, 0.15) is 0 Å². The summed E-state index contributed by atoms with van der Waals surface area (Å²) in [5.41, 5.74) is 1.67. The van der Waals surface area contributed by atoms with E-state index in [1.54, 1.807) is 6.20 Å². The first kappa shape index (κ1) is 13.1. The summed E-state index contributed by atoms with van der Waals surface area (Å²) in [6, 6.07) is 9.56. The van der Waals surface area contributed by atoms with E-state index in [2.05, 4.69) is 4.98 Å². The van der Waals surface area contributed by atoms with Crippen LogP contribution in [0.5, 0.6) is 0 Å². The lowest BCUT2D eigenvalue weighted by atomic mass is 10.1. The molecule has 1 unspecified atom stereocenters. The number of aliphatic hydroxyl groups is 2. The van der Waals surface area contributed by atoms with E-state index in [-0.39, 0.29) is 6.61 Å². The van der Waals surface area contributed by atoms with Gasteiger partial charge < -0.3 is 14.8 Å². The monoisotopic (exact) mass is 264 g/mol. The normalized spacial score (nSPS) is 12.6. The third-order valence-electron chi connectivity index (χ3n) is 2.76. The zero-order valence-corrected chi connectivity index (χ0v) is 11.0. The van der Waals surface area contributed by atoms with E-state index in [1.807, 2.05) is 41.9 Å². The molecule has 5 heteroatoms. The molecule has 4 nitrogen and oxygen atoms in total. The molecule has 2 aromatic rings. The van der Waals surface area contributed by atoms with Crippen LogP contribution in [0.25, 0.3) is 0 Å². The maximum absolute atomic E-state index is 10.0. The van der Waals surface area contributed by atoms with Crippen molar-refractivity contribution >= 4 is 11.8 Å². The van der Waals surface area contributed by atoms with Crippen LogP contribution >= 0.6 is 11.8 Å². The van der Waals surface area contributed by atoms with Crippen LogP contribution in [0.2, 0.25) is 0 Å². The molecule has 96 valence electrons. The minimum Gasteiger partial charge on any atom is -0.390 e. The fraction of sp³-hybridized carbons (Fsp3) is 0.308. The van der Waals surface area contributed by atoms with Crippen LogP contribution in [0.4, 0.5) is 0 Å². The minimum atomic E-state index is -0.509. The van der Waals surface area contributed by atoms with E-state index < -0.39 is 6.10 Å². The molecule has 2 N–H and O–H groups in total. The average molecular weight is 264 g/mol. The molecule has 1 atom stereocenters. The molecule has 1 aromatic carbocycles. The number of aliphatic hydroxyl groups excluding tert-OH is 2. The predicted molar refractivity (Wildman–Crippen MR) is 71.3 cm³/mol. The van der Waals surface area contributed by atoms with Gasteiger partial charge in [-0.15, -0.1) is 0 Å². The minimum absolute atomic E-state index is 0.0225. The summed E-state index contributed by atoms with van der Waals surface area (Å²) in [5.74, 6) is 0.541. The molecule has 0 bridgehead atoms. The van der Waals surface area contributed by atoms with Crippen molar-refractivity contribution in [2.75, 3.05) is 5.75 Å². The molecule has 18 heavy (non-hydrogen) atoms. The maximum atomic E-state index is 10.0. The SMILES string of the molecule is Cn1c(CO)cnc1SCC(O)c1ccccc1. The van der Waals surface area contributed by atoms with E-state index in [0.29, 0.717) is 5.75 Å². The Morgan fingerprint density at radius 1 is 1.33 bits per heavy atom. The van der Waals surface area contributed by atoms with Gasteiger partial charge in [-0.2, -0.15) is 0 Å². The lowest BCUT2D eigenvalue weighted by Crippen LogP contribution is -2.03. The summed E-state index contributed by atoms with van der Waals surface area (Å²) in [6.07, 6.45) is 1.14. The van der Waals surface area contributed by atoms with Crippen molar-refractivity contribution < 1.29 is 10.2 Å². The van der Waals surface area contributed by atoms with Gasteiger partial charge in [-0.25, -0.2) is 4.98 Å². The van der Waals surface area contributed by atoms with E-state index in [4.69, 9.17) is 5.11 Å². The van der Waals surface area contributed by atoms with Crippen LogP contribution in [-0.4, -0.2) is 25.5 Å². The van der Waals surface area contributed by atoms with Gasteiger partial charge in [-0.3, -0.25) is 0 Å². The van der Waals surface area contributed by atoms with Crippen molar-refractivity contribution in [3.05, 3.63) is 47.8 Å². The molecule has 0 saturated heterocycles. The molecule has 0 aliphatic rings. The zero-order valence-electron chi connectivity index (χ0n) is 10.2. The smallest absolute Gasteiger partial charge is 0.168 e.